The second-order valence-electron chi connectivity index (χ2n) is 11.6. The first kappa shape index (κ1) is 27.2. The Morgan fingerprint density at radius 2 is 1.74 bits per heavy atom. The highest BCUT2D eigenvalue weighted by atomic mass is 16.3. The van der Waals surface area contributed by atoms with E-state index < -0.39 is 64.4 Å². The number of hydrogen-bond acceptors (Lipinski definition) is 10. The second-order valence-corrected chi connectivity index (χ2v) is 11.6. The van der Waals surface area contributed by atoms with Gasteiger partial charge in [0.2, 0.25) is 5.91 Å². The molecule has 11 heteroatoms. The van der Waals surface area contributed by atoms with Crippen molar-refractivity contribution in [1.82, 2.24) is 9.80 Å². The van der Waals surface area contributed by atoms with Gasteiger partial charge in [0.05, 0.1) is 17.5 Å². The molecule has 1 aliphatic heterocycles. The SMILES string of the molecule is CN(C)c1cc(CN2CC=CC2)c(O)c2c1C[C@H]1C[C@H]3[C@H](N(C)C)C(=O)C(C(N)=O)C(=O)[C@@]3(O)C(=O)C1C2=O. The van der Waals surface area contributed by atoms with Gasteiger partial charge < -0.3 is 20.8 Å². The van der Waals surface area contributed by atoms with Gasteiger partial charge in [0, 0.05) is 50.9 Å². The normalized spacial score (nSPS) is 32.3. The van der Waals surface area contributed by atoms with Crippen LogP contribution >= 0.6 is 0 Å². The first-order valence-electron chi connectivity index (χ1n) is 13.1. The summed E-state index contributed by atoms with van der Waals surface area (Å²) in [6, 6.07) is 0.735. The highest BCUT2D eigenvalue weighted by molar-refractivity contribution is 6.32. The molecule has 11 nitrogen and oxygen atoms in total. The fourth-order valence-electron chi connectivity index (χ4n) is 7.12. The minimum Gasteiger partial charge on any atom is -0.507 e. The van der Waals surface area contributed by atoms with Crippen LogP contribution in [0.25, 0.3) is 0 Å². The second kappa shape index (κ2) is 9.35. The molecule has 4 aliphatic rings. The van der Waals surface area contributed by atoms with E-state index in [2.05, 4.69) is 4.90 Å². The Kier molecular flexibility index (Phi) is 6.52. The zero-order valence-electron chi connectivity index (χ0n) is 22.5. The average molecular weight is 539 g/mol. The van der Waals surface area contributed by atoms with Crippen molar-refractivity contribution in [3.8, 4) is 5.75 Å². The third kappa shape index (κ3) is 3.86. The number of rotatable bonds is 5. The molecule has 0 bridgehead atoms. The van der Waals surface area contributed by atoms with Crippen molar-refractivity contribution < 1.29 is 34.2 Å². The lowest BCUT2D eigenvalue weighted by molar-refractivity contribution is -0.181. The Morgan fingerprint density at radius 1 is 1.10 bits per heavy atom. The Bertz CT molecular complexity index is 1330. The molecular formula is C28H34N4O7. The molecule has 1 aromatic carbocycles. The lowest BCUT2D eigenvalue weighted by Gasteiger charge is -2.52. The van der Waals surface area contributed by atoms with E-state index in [1.54, 1.807) is 14.1 Å². The summed E-state index contributed by atoms with van der Waals surface area (Å²) in [7, 11) is 6.79. The number of anilines is 1. The molecule has 208 valence electrons. The van der Waals surface area contributed by atoms with E-state index >= 15 is 0 Å². The molecule has 39 heavy (non-hydrogen) atoms. The van der Waals surface area contributed by atoms with Crippen molar-refractivity contribution in [3.05, 3.63) is 34.9 Å². The van der Waals surface area contributed by atoms with Gasteiger partial charge in [-0.3, -0.25) is 33.8 Å². The predicted octanol–water partition coefficient (Wildman–Crippen LogP) is -0.695. The first-order valence-corrected chi connectivity index (χ1v) is 13.1. The number of Topliss-reactive ketones (excluding diaryl/α,β-unsaturated/α-hetero) is 4. The number of ketones is 4. The number of likely N-dealkylation sites (N-methyl/N-ethyl adjacent to an activating group) is 1. The third-order valence-corrected chi connectivity index (χ3v) is 8.89. The number of nitrogens with zero attached hydrogens (tertiary/aromatic N) is 3. The number of fused-ring (bicyclic) bond motifs is 3. The maximum Gasteiger partial charge on any atom is 0.235 e. The highest BCUT2D eigenvalue weighted by Gasteiger charge is 2.69. The third-order valence-electron chi connectivity index (χ3n) is 8.89. The van der Waals surface area contributed by atoms with Crippen molar-refractivity contribution in [2.75, 3.05) is 46.2 Å². The van der Waals surface area contributed by atoms with E-state index in [1.807, 2.05) is 37.2 Å². The number of carbonyl (C=O) groups is 5. The number of hydrogen-bond donors (Lipinski definition) is 3. The van der Waals surface area contributed by atoms with E-state index in [-0.39, 0.29) is 24.2 Å². The van der Waals surface area contributed by atoms with Gasteiger partial charge >= 0.3 is 0 Å². The van der Waals surface area contributed by atoms with Gasteiger partial charge in [-0.2, -0.15) is 0 Å². The quantitative estimate of drug-likeness (QED) is 0.323. The summed E-state index contributed by atoms with van der Waals surface area (Å²) in [5, 5.41) is 23.0. The maximum atomic E-state index is 14.0. The average Bonchev–Trinajstić information content (AvgIpc) is 3.35. The van der Waals surface area contributed by atoms with Gasteiger partial charge in [-0.1, -0.05) is 12.2 Å². The molecule has 1 aromatic rings. The number of benzene rings is 1. The van der Waals surface area contributed by atoms with Gasteiger partial charge in [0.15, 0.2) is 34.7 Å². The zero-order valence-corrected chi connectivity index (χ0v) is 22.5. The molecule has 1 heterocycles. The van der Waals surface area contributed by atoms with Crippen LogP contribution in [0.1, 0.15) is 27.9 Å². The summed E-state index contributed by atoms with van der Waals surface area (Å²) in [5.41, 5.74) is 4.53. The molecule has 2 saturated carbocycles. The Balaban J connectivity index is 1.63. The monoisotopic (exact) mass is 538 g/mol. The predicted molar refractivity (Wildman–Crippen MR) is 140 cm³/mol. The number of phenols is 1. The van der Waals surface area contributed by atoms with E-state index in [9.17, 15) is 34.2 Å². The van der Waals surface area contributed by atoms with Crippen LogP contribution in [-0.4, -0.2) is 102 Å². The van der Waals surface area contributed by atoms with E-state index in [0.29, 0.717) is 30.8 Å². The number of carbonyl (C=O) groups excluding carboxylic acids is 5. The zero-order chi connectivity index (χ0) is 28.5. The van der Waals surface area contributed by atoms with E-state index in [4.69, 9.17) is 5.73 Å². The minimum atomic E-state index is -2.73. The molecule has 3 aliphatic carbocycles. The lowest BCUT2D eigenvalue weighted by Crippen LogP contribution is -2.74. The smallest absolute Gasteiger partial charge is 0.235 e. The number of primary amides is 1. The van der Waals surface area contributed by atoms with Crippen molar-refractivity contribution in [1.29, 1.82) is 0 Å². The number of amides is 1. The van der Waals surface area contributed by atoms with Crippen LogP contribution in [0.2, 0.25) is 0 Å². The van der Waals surface area contributed by atoms with Gasteiger partial charge in [0.25, 0.3) is 0 Å². The van der Waals surface area contributed by atoms with E-state index in [0.717, 1.165) is 5.69 Å². The van der Waals surface area contributed by atoms with Crippen LogP contribution in [0, 0.1) is 23.7 Å². The minimum absolute atomic E-state index is 0.0231. The van der Waals surface area contributed by atoms with Gasteiger partial charge in [0.1, 0.15) is 5.75 Å². The molecule has 0 aromatic heterocycles. The highest BCUT2D eigenvalue weighted by Crippen LogP contribution is 2.52. The Hall–Kier alpha value is -3.41. The van der Waals surface area contributed by atoms with Crippen molar-refractivity contribution in [2.24, 2.45) is 29.4 Å². The molecule has 4 N–H and O–H groups in total. The first-order chi connectivity index (χ1) is 18.3. The van der Waals surface area contributed by atoms with Crippen molar-refractivity contribution in [3.63, 3.8) is 0 Å². The van der Waals surface area contributed by atoms with Crippen molar-refractivity contribution in [2.45, 2.75) is 31.0 Å². The Labute approximate surface area is 226 Å². The largest absolute Gasteiger partial charge is 0.507 e. The summed E-state index contributed by atoms with van der Waals surface area (Å²) in [5.74, 6) is -10.3. The van der Waals surface area contributed by atoms with Crippen LogP contribution in [0.15, 0.2) is 18.2 Å². The molecule has 0 spiro atoms. The summed E-state index contributed by atoms with van der Waals surface area (Å²) in [6.07, 6.45) is 4.29. The number of nitrogens with two attached hydrogens (primary N) is 1. The molecular weight excluding hydrogens is 504 g/mol. The van der Waals surface area contributed by atoms with Crippen LogP contribution in [-0.2, 0) is 32.1 Å². The molecule has 1 amide bonds. The Morgan fingerprint density at radius 3 is 2.31 bits per heavy atom. The maximum absolute atomic E-state index is 14.0. The number of aromatic hydroxyl groups is 1. The fraction of sp³-hybridized carbons (Fsp3) is 0.536. The van der Waals surface area contributed by atoms with Crippen molar-refractivity contribution >= 4 is 34.7 Å². The molecule has 0 radical (unpaired) electrons. The van der Waals surface area contributed by atoms with Crippen LogP contribution < -0.4 is 10.6 Å². The lowest BCUT2D eigenvalue weighted by atomic mass is 9.52. The molecule has 5 rings (SSSR count). The van der Waals surface area contributed by atoms with Gasteiger partial charge in [-0.05, 0) is 44.5 Å². The summed E-state index contributed by atoms with van der Waals surface area (Å²) >= 11 is 0. The van der Waals surface area contributed by atoms with E-state index in [1.165, 1.54) is 4.90 Å². The van der Waals surface area contributed by atoms with Crippen LogP contribution in [0.5, 0.6) is 5.75 Å². The summed E-state index contributed by atoms with van der Waals surface area (Å²) in [6.45, 7) is 1.79. The molecule has 0 saturated heterocycles. The molecule has 2 unspecified atom stereocenters. The van der Waals surface area contributed by atoms with Gasteiger partial charge in [-0.25, -0.2) is 0 Å². The molecule has 2 fully saturated rings. The summed E-state index contributed by atoms with van der Waals surface area (Å²) in [4.78, 5) is 72.2. The fourth-order valence-corrected chi connectivity index (χ4v) is 7.12. The van der Waals surface area contributed by atoms with Gasteiger partial charge in [-0.15, -0.1) is 0 Å². The van der Waals surface area contributed by atoms with Crippen LogP contribution in [0.3, 0.4) is 0 Å². The number of aliphatic hydroxyl groups is 1. The standard InChI is InChI=1S/C28H34N4O7/c1-30(2)17-11-14(12-32-7-5-6-8-32)22(33)19-15(17)9-13-10-16-21(31(3)4)24(35)20(27(29)38)26(37)28(16,39)25(36)18(13)23(19)34/h5-6,11,13,16,18,20-21,33,39H,7-10,12H2,1-4H3,(H2,29,38)/t13-,16-,18?,20?,21-,28-/m0/s1. The topological polar surface area (TPSA) is 162 Å². The summed E-state index contributed by atoms with van der Waals surface area (Å²) < 4.78 is 0. The van der Waals surface area contributed by atoms with Crippen LogP contribution in [0.4, 0.5) is 5.69 Å². The molecule has 6 atom stereocenters. The number of phenolic OH excluding ortho intramolecular Hbond substituents is 1.